The van der Waals surface area contributed by atoms with E-state index in [1.54, 1.807) is 17.3 Å². The largest absolute Gasteiger partial charge is 0.490 e. The third-order valence-corrected chi connectivity index (χ3v) is 7.94. The minimum absolute atomic E-state index is 0.00472. The monoisotopic (exact) mass is 518 g/mol. The highest BCUT2D eigenvalue weighted by molar-refractivity contribution is 7.91. The molecule has 5 rings (SSSR count). The summed E-state index contributed by atoms with van der Waals surface area (Å²) in [5.74, 6) is 0.135. The van der Waals surface area contributed by atoms with Crippen molar-refractivity contribution in [2.45, 2.75) is 32.4 Å². The number of fused-ring (bicyclic) bond motifs is 2. The normalized spacial score (nSPS) is 17.7. The van der Waals surface area contributed by atoms with Crippen molar-refractivity contribution in [1.29, 1.82) is 5.41 Å². The number of amidine groups is 1. The first-order chi connectivity index (χ1) is 17.9. The van der Waals surface area contributed by atoms with Gasteiger partial charge in [-0.05, 0) is 85.6 Å². The third kappa shape index (κ3) is 5.38. The molecule has 37 heavy (non-hydrogen) atoms. The zero-order valence-electron chi connectivity index (χ0n) is 20.7. The van der Waals surface area contributed by atoms with Crippen molar-refractivity contribution in [1.82, 2.24) is 5.32 Å². The standard InChI is InChI=1S/C28H30N4O4S/c1-2-35-28(33)26-16-22-15-24(36-23-9-11-31-12-10-23)7-8-25(22)32(37(26)34)17-18-3-4-19-5-6-20(27(29)30)14-21(19)13-18/h3-8,13-16,23,31H,2,9-12,17H2,1H3,(H3,29,30). The zero-order valence-corrected chi connectivity index (χ0v) is 21.5. The fourth-order valence-corrected chi connectivity index (χ4v) is 5.94. The van der Waals surface area contributed by atoms with E-state index in [2.05, 4.69) is 5.32 Å². The first kappa shape index (κ1) is 25.0. The molecule has 0 saturated carbocycles. The third-order valence-electron chi connectivity index (χ3n) is 6.55. The van der Waals surface area contributed by atoms with E-state index in [9.17, 15) is 9.00 Å². The molecule has 0 aliphatic carbocycles. The van der Waals surface area contributed by atoms with Crippen molar-refractivity contribution in [2.24, 2.45) is 5.73 Å². The number of esters is 1. The van der Waals surface area contributed by atoms with Gasteiger partial charge in [0.25, 0.3) is 0 Å². The van der Waals surface area contributed by atoms with E-state index in [-0.39, 0.29) is 23.5 Å². The van der Waals surface area contributed by atoms with E-state index in [0.717, 1.165) is 59.3 Å². The average molecular weight is 519 g/mol. The van der Waals surface area contributed by atoms with Gasteiger partial charge in [-0.25, -0.2) is 9.00 Å². The topological polar surface area (TPSA) is 118 Å². The predicted molar refractivity (Wildman–Crippen MR) is 147 cm³/mol. The summed E-state index contributed by atoms with van der Waals surface area (Å²) in [6.07, 6.45) is 3.66. The Bertz CT molecular complexity index is 1410. The van der Waals surface area contributed by atoms with Crippen LogP contribution in [0.4, 0.5) is 5.69 Å². The van der Waals surface area contributed by atoms with Crippen LogP contribution in [0.5, 0.6) is 5.75 Å². The van der Waals surface area contributed by atoms with E-state index in [4.69, 9.17) is 20.6 Å². The average Bonchev–Trinajstić information content (AvgIpc) is 2.90. The van der Waals surface area contributed by atoms with Crippen LogP contribution < -0.4 is 20.1 Å². The number of carbonyl (C=O) groups excluding carboxylic acids is 1. The Hall–Kier alpha value is -3.69. The van der Waals surface area contributed by atoms with E-state index in [1.165, 1.54) is 0 Å². The van der Waals surface area contributed by atoms with Gasteiger partial charge in [0.1, 0.15) is 22.6 Å². The Morgan fingerprint density at radius 2 is 1.89 bits per heavy atom. The van der Waals surface area contributed by atoms with Gasteiger partial charge in [-0.1, -0.05) is 24.3 Å². The van der Waals surface area contributed by atoms with Gasteiger partial charge in [-0.2, -0.15) is 0 Å². The van der Waals surface area contributed by atoms with Gasteiger partial charge < -0.3 is 20.5 Å². The highest BCUT2D eigenvalue weighted by Gasteiger charge is 2.31. The Labute approximate surface area is 218 Å². The molecule has 0 bridgehead atoms. The van der Waals surface area contributed by atoms with Crippen molar-refractivity contribution in [2.75, 3.05) is 24.0 Å². The maximum absolute atomic E-state index is 13.6. The van der Waals surface area contributed by atoms with Crippen LogP contribution in [0.3, 0.4) is 0 Å². The summed E-state index contributed by atoms with van der Waals surface area (Å²) in [6.45, 7) is 4.09. The molecule has 9 heteroatoms. The van der Waals surface area contributed by atoms with Gasteiger partial charge in [0.05, 0.1) is 18.8 Å². The smallest absolute Gasteiger partial charge is 0.349 e. The highest BCUT2D eigenvalue weighted by atomic mass is 32.2. The van der Waals surface area contributed by atoms with Crippen LogP contribution in [0.1, 0.15) is 36.5 Å². The van der Waals surface area contributed by atoms with Crippen LogP contribution in [0.2, 0.25) is 0 Å². The Balaban J connectivity index is 1.49. The van der Waals surface area contributed by atoms with Crippen molar-refractivity contribution >= 4 is 45.3 Å². The van der Waals surface area contributed by atoms with Crippen molar-refractivity contribution in [3.63, 3.8) is 0 Å². The number of hydrogen-bond donors (Lipinski definition) is 3. The van der Waals surface area contributed by atoms with Crippen LogP contribution in [0.15, 0.2) is 59.5 Å². The number of hydrogen-bond acceptors (Lipinski definition) is 6. The molecule has 4 N–H and O–H groups in total. The fourth-order valence-electron chi connectivity index (χ4n) is 4.66. The Morgan fingerprint density at radius 1 is 1.11 bits per heavy atom. The Kier molecular flexibility index (Phi) is 7.25. The van der Waals surface area contributed by atoms with Crippen molar-refractivity contribution < 1.29 is 18.5 Å². The number of carbonyl (C=O) groups is 1. The minimum Gasteiger partial charge on any atom is -0.490 e. The number of piperidine rings is 1. The Morgan fingerprint density at radius 3 is 2.65 bits per heavy atom. The van der Waals surface area contributed by atoms with E-state index in [0.29, 0.717) is 12.1 Å². The van der Waals surface area contributed by atoms with E-state index >= 15 is 0 Å². The minimum atomic E-state index is -1.75. The number of nitrogens with two attached hydrogens (primary N) is 1. The van der Waals surface area contributed by atoms with E-state index < -0.39 is 17.0 Å². The maximum Gasteiger partial charge on any atom is 0.349 e. The molecule has 1 saturated heterocycles. The number of benzene rings is 3. The lowest BCUT2D eigenvalue weighted by molar-refractivity contribution is -0.137. The summed E-state index contributed by atoms with van der Waals surface area (Å²) in [6, 6.07) is 17.3. The molecule has 0 radical (unpaired) electrons. The van der Waals surface area contributed by atoms with Crippen LogP contribution >= 0.6 is 0 Å². The zero-order chi connectivity index (χ0) is 25.9. The first-order valence-corrected chi connectivity index (χ1v) is 13.5. The van der Waals surface area contributed by atoms with E-state index in [1.807, 2.05) is 54.6 Å². The maximum atomic E-state index is 13.6. The molecule has 1 atom stereocenters. The molecule has 0 spiro atoms. The van der Waals surface area contributed by atoms with Crippen molar-refractivity contribution in [3.8, 4) is 5.75 Å². The molecule has 3 aromatic carbocycles. The van der Waals surface area contributed by atoms with Gasteiger partial charge in [-0.15, -0.1) is 0 Å². The molecule has 2 aliphatic heterocycles. The molecule has 1 unspecified atom stereocenters. The molecule has 192 valence electrons. The van der Waals surface area contributed by atoms with Gasteiger partial charge in [-0.3, -0.25) is 9.71 Å². The predicted octanol–water partition coefficient (Wildman–Crippen LogP) is 3.84. The number of ether oxygens (including phenoxy) is 2. The van der Waals surface area contributed by atoms with Crippen molar-refractivity contribution in [3.05, 3.63) is 76.2 Å². The fraction of sp³-hybridized carbons (Fsp3) is 0.286. The quantitative estimate of drug-likeness (QED) is 0.249. The molecule has 3 aromatic rings. The summed E-state index contributed by atoms with van der Waals surface area (Å²) in [4.78, 5) is 12.8. The van der Waals surface area contributed by atoms with Crippen LogP contribution in [0.25, 0.3) is 16.8 Å². The summed E-state index contributed by atoms with van der Waals surface area (Å²) in [5, 5.41) is 13.0. The molecular weight excluding hydrogens is 488 g/mol. The number of rotatable bonds is 7. The summed E-state index contributed by atoms with van der Waals surface area (Å²) in [7, 11) is -1.75. The molecule has 2 aliphatic rings. The highest BCUT2D eigenvalue weighted by Crippen LogP contribution is 2.37. The summed E-state index contributed by atoms with van der Waals surface area (Å²) < 4.78 is 26.7. The second-order valence-corrected chi connectivity index (χ2v) is 10.5. The summed E-state index contributed by atoms with van der Waals surface area (Å²) >= 11 is 0. The molecule has 0 aromatic heterocycles. The van der Waals surface area contributed by atoms with Gasteiger partial charge in [0.15, 0.2) is 11.0 Å². The molecule has 0 amide bonds. The van der Waals surface area contributed by atoms with Crippen LogP contribution in [-0.4, -0.2) is 41.8 Å². The SMILES string of the molecule is CCOC(=O)C1=Cc2cc(OC3CCNCC3)ccc2N(Cc2ccc3ccc(C(=N)N)cc3c2)S1=O. The second kappa shape index (κ2) is 10.7. The molecule has 2 heterocycles. The number of nitrogens with one attached hydrogen (secondary N) is 2. The lowest BCUT2D eigenvalue weighted by Gasteiger charge is -2.30. The lowest BCUT2D eigenvalue weighted by atomic mass is 10.0. The van der Waals surface area contributed by atoms with Gasteiger partial charge >= 0.3 is 5.97 Å². The molecular formula is C28H30N4O4S. The second-order valence-electron chi connectivity index (χ2n) is 9.11. The summed E-state index contributed by atoms with van der Waals surface area (Å²) in [5.41, 5.74) is 8.74. The van der Waals surface area contributed by atoms with Crippen LogP contribution in [0, 0.1) is 5.41 Å². The number of nitrogens with zero attached hydrogens (tertiary/aromatic N) is 1. The molecule has 1 fully saturated rings. The number of anilines is 1. The first-order valence-electron chi connectivity index (χ1n) is 12.4. The molecule has 8 nitrogen and oxygen atoms in total. The lowest BCUT2D eigenvalue weighted by Crippen LogP contribution is -2.34. The van der Waals surface area contributed by atoms with Gasteiger partial charge in [0, 0.05) is 11.1 Å². The van der Waals surface area contributed by atoms with Gasteiger partial charge in [0.2, 0.25) is 0 Å². The van der Waals surface area contributed by atoms with Crippen LogP contribution in [-0.2, 0) is 27.1 Å². The number of nitrogen functional groups attached to an aromatic ring is 1.